The summed E-state index contributed by atoms with van der Waals surface area (Å²) < 4.78 is 5.02. The molecule has 82 valence electrons. The predicted octanol–water partition coefficient (Wildman–Crippen LogP) is 1.88. The minimum absolute atomic E-state index is 0.399. The van der Waals surface area contributed by atoms with Crippen molar-refractivity contribution in [2.45, 2.75) is 45.6 Å². The number of hydrogen-bond acceptors (Lipinski definition) is 3. The molecule has 0 rings (SSSR count). The first-order valence-corrected chi connectivity index (χ1v) is 4.86. The summed E-state index contributed by atoms with van der Waals surface area (Å²) in [5.41, 5.74) is -0.452. The molecule has 0 aromatic heterocycles. The molecule has 0 saturated carbocycles. The van der Waals surface area contributed by atoms with E-state index in [1.54, 1.807) is 0 Å². The molecule has 0 aromatic carbocycles. The lowest BCUT2D eigenvalue weighted by Crippen LogP contribution is -2.32. The Bertz CT molecular complexity index is 184. The number of rotatable bonds is 5. The zero-order chi connectivity index (χ0) is 11.0. The maximum absolute atomic E-state index is 11.1. The summed E-state index contributed by atoms with van der Waals surface area (Å²) in [6.45, 7) is 6.01. The second-order valence-electron chi connectivity index (χ2n) is 4.09. The van der Waals surface area contributed by atoms with Crippen LogP contribution in [0.5, 0.6) is 0 Å². The molecule has 4 nitrogen and oxygen atoms in total. The second-order valence-corrected chi connectivity index (χ2v) is 4.09. The molecular weight excluding hydrogens is 182 g/mol. The van der Waals surface area contributed by atoms with E-state index in [-0.39, 0.29) is 0 Å². The van der Waals surface area contributed by atoms with Crippen LogP contribution in [0.3, 0.4) is 0 Å². The minimum Gasteiger partial charge on any atom is -0.444 e. The summed E-state index contributed by atoms with van der Waals surface area (Å²) in [4.78, 5) is 21.1. The van der Waals surface area contributed by atoms with Crippen LogP contribution in [-0.2, 0) is 9.53 Å². The summed E-state index contributed by atoms with van der Waals surface area (Å²) in [6.07, 6.45) is 2.64. The van der Waals surface area contributed by atoms with Gasteiger partial charge in [0, 0.05) is 13.0 Å². The van der Waals surface area contributed by atoms with E-state index >= 15 is 0 Å². The zero-order valence-electron chi connectivity index (χ0n) is 9.13. The first-order chi connectivity index (χ1) is 6.45. The fraction of sp³-hybridized carbons (Fsp3) is 0.800. The van der Waals surface area contributed by atoms with Gasteiger partial charge < -0.3 is 14.8 Å². The van der Waals surface area contributed by atoms with E-state index in [2.05, 4.69) is 5.32 Å². The normalized spacial score (nSPS) is 10.8. The summed E-state index contributed by atoms with van der Waals surface area (Å²) >= 11 is 0. The molecule has 0 aliphatic rings. The lowest BCUT2D eigenvalue weighted by Gasteiger charge is -2.19. The molecule has 0 spiro atoms. The van der Waals surface area contributed by atoms with Gasteiger partial charge in [0.25, 0.3) is 0 Å². The topological polar surface area (TPSA) is 55.4 Å². The number of unbranched alkanes of at least 4 members (excludes halogenated alkanes) is 2. The third kappa shape index (κ3) is 9.03. The van der Waals surface area contributed by atoms with Crippen LogP contribution < -0.4 is 5.32 Å². The Morgan fingerprint density at radius 3 is 2.50 bits per heavy atom. The zero-order valence-corrected chi connectivity index (χ0v) is 9.13. The average Bonchev–Trinajstić information content (AvgIpc) is 2.00. The molecule has 1 N–H and O–H groups in total. The monoisotopic (exact) mass is 201 g/mol. The van der Waals surface area contributed by atoms with Crippen LogP contribution >= 0.6 is 0 Å². The smallest absolute Gasteiger partial charge is 0.407 e. The molecule has 0 saturated heterocycles. The SMILES string of the molecule is CC(C)(C)OC(=O)NCCCCC=O. The fourth-order valence-corrected chi connectivity index (χ4v) is 0.857. The molecule has 0 heterocycles. The molecule has 0 fully saturated rings. The van der Waals surface area contributed by atoms with Crippen LogP contribution in [0.4, 0.5) is 4.79 Å². The molecule has 0 aliphatic carbocycles. The number of amides is 1. The Morgan fingerprint density at radius 1 is 1.36 bits per heavy atom. The van der Waals surface area contributed by atoms with Crippen LogP contribution in [0.25, 0.3) is 0 Å². The highest BCUT2D eigenvalue weighted by atomic mass is 16.6. The van der Waals surface area contributed by atoms with Gasteiger partial charge in [-0.05, 0) is 33.6 Å². The van der Waals surface area contributed by atoms with Crippen molar-refractivity contribution in [3.8, 4) is 0 Å². The Labute approximate surface area is 85.0 Å². The molecule has 4 heteroatoms. The van der Waals surface area contributed by atoms with Crippen LogP contribution in [0.2, 0.25) is 0 Å². The number of carbonyl (C=O) groups is 2. The summed E-state index contributed by atoms with van der Waals surface area (Å²) in [6, 6.07) is 0. The third-order valence-corrected chi connectivity index (χ3v) is 1.42. The van der Waals surface area contributed by atoms with Crippen LogP contribution in [0.1, 0.15) is 40.0 Å². The molecule has 14 heavy (non-hydrogen) atoms. The van der Waals surface area contributed by atoms with Gasteiger partial charge in [0.05, 0.1) is 0 Å². The predicted molar refractivity (Wildman–Crippen MR) is 54.2 cm³/mol. The fourth-order valence-electron chi connectivity index (χ4n) is 0.857. The number of alkyl carbamates (subject to hydrolysis) is 1. The lowest BCUT2D eigenvalue weighted by molar-refractivity contribution is -0.107. The van der Waals surface area contributed by atoms with Gasteiger partial charge in [-0.3, -0.25) is 0 Å². The molecule has 0 aromatic rings. The van der Waals surface area contributed by atoms with Crippen LogP contribution in [0, 0.1) is 0 Å². The number of ether oxygens (including phenoxy) is 1. The molecule has 1 amide bonds. The molecule has 0 radical (unpaired) electrons. The van der Waals surface area contributed by atoms with Crippen LogP contribution in [-0.4, -0.2) is 24.5 Å². The summed E-state index contributed by atoms with van der Waals surface area (Å²) in [5.74, 6) is 0. The van der Waals surface area contributed by atoms with E-state index in [0.717, 1.165) is 19.1 Å². The maximum Gasteiger partial charge on any atom is 0.407 e. The third-order valence-electron chi connectivity index (χ3n) is 1.42. The van der Waals surface area contributed by atoms with Gasteiger partial charge >= 0.3 is 6.09 Å². The molecule has 0 bridgehead atoms. The van der Waals surface area contributed by atoms with E-state index in [9.17, 15) is 9.59 Å². The molecule has 0 atom stereocenters. The van der Waals surface area contributed by atoms with E-state index in [4.69, 9.17) is 4.74 Å². The average molecular weight is 201 g/mol. The van der Waals surface area contributed by atoms with Gasteiger partial charge in [-0.2, -0.15) is 0 Å². The van der Waals surface area contributed by atoms with Gasteiger partial charge in [-0.1, -0.05) is 0 Å². The van der Waals surface area contributed by atoms with E-state index < -0.39 is 11.7 Å². The number of carbonyl (C=O) groups excluding carboxylic acids is 2. The van der Waals surface area contributed by atoms with Gasteiger partial charge in [0.1, 0.15) is 11.9 Å². The minimum atomic E-state index is -0.452. The van der Waals surface area contributed by atoms with E-state index in [1.807, 2.05) is 20.8 Å². The first-order valence-electron chi connectivity index (χ1n) is 4.86. The van der Waals surface area contributed by atoms with Crippen molar-refractivity contribution in [3.05, 3.63) is 0 Å². The Hall–Kier alpha value is -1.06. The quantitative estimate of drug-likeness (QED) is 0.545. The van der Waals surface area contributed by atoms with E-state index in [1.165, 1.54) is 0 Å². The van der Waals surface area contributed by atoms with Crippen molar-refractivity contribution in [2.24, 2.45) is 0 Å². The molecular formula is C10H19NO3. The van der Waals surface area contributed by atoms with Crippen molar-refractivity contribution in [1.29, 1.82) is 0 Å². The lowest BCUT2D eigenvalue weighted by atomic mass is 10.2. The van der Waals surface area contributed by atoms with Crippen LogP contribution in [0.15, 0.2) is 0 Å². The molecule has 0 unspecified atom stereocenters. The van der Waals surface area contributed by atoms with Gasteiger partial charge in [-0.25, -0.2) is 4.79 Å². The van der Waals surface area contributed by atoms with E-state index in [0.29, 0.717) is 13.0 Å². The Balaban J connectivity index is 3.41. The molecule has 0 aliphatic heterocycles. The summed E-state index contributed by atoms with van der Waals surface area (Å²) in [5, 5.41) is 2.62. The van der Waals surface area contributed by atoms with Crippen molar-refractivity contribution in [2.75, 3.05) is 6.54 Å². The highest BCUT2D eigenvalue weighted by Gasteiger charge is 2.15. The highest BCUT2D eigenvalue weighted by Crippen LogP contribution is 2.06. The van der Waals surface area contributed by atoms with Gasteiger partial charge in [0.2, 0.25) is 0 Å². The number of nitrogens with one attached hydrogen (secondary N) is 1. The van der Waals surface area contributed by atoms with Crippen molar-refractivity contribution >= 4 is 12.4 Å². The largest absolute Gasteiger partial charge is 0.444 e. The standard InChI is InChI=1S/C10H19NO3/c1-10(2,3)14-9(13)11-7-5-4-6-8-12/h8H,4-7H2,1-3H3,(H,11,13). The second kappa shape index (κ2) is 6.40. The number of aldehydes is 1. The van der Waals surface area contributed by atoms with Gasteiger partial charge in [0.15, 0.2) is 0 Å². The number of hydrogen-bond donors (Lipinski definition) is 1. The summed E-state index contributed by atoms with van der Waals surface area (Å²) in [7, 11) is 0. The maximum atomic E-state index is 11.1. The first kappa shape index (κ1) is 12.9. The van der Waals surface area contributed by atoms with Crippen molar-refractivity contribution < 1.29 is 14.3 Å². The van der Waals surface area contributed by atoms with Crippen molar-refractivity contribution in [1.82, 2.24) is 5.32 Å². The Morgan fingerprint density at radius 2 is 2.00 bits per heavy atom. The highest BCUT2D eigenvalue weighted by molar-refractivity contribution is 5.67. The Kier molecular flexibility index (Phi) is 5.92. The van der Waals surface area contributed by atoms with Crippen molar-refractivity contribution in [3.63, 3.8) is 0 Å². The van der Waals surface area contributed by atoms with Gasteiger partial charge in [-0.15, -0.1) is 0 Å².